The van der Waals surface area contributed by atoms with Gasteiger partial charge < -0.3 is 20.1 Å². The van der Waals surface area contributed by atoms with Gasteiger partial charge in [-0.05, 0) is 20.8 Å². The molecule has 0 aromatic carbocycles. The molecule has 0 radical (unpaired) electrons. The first kappa shape index (κ1) is 19.8. The molecule has 142 valence electrons. The molecule has 1 aliphatic rings. The van der Waals surface area contributed by atoms with Crippen LogP contribution >= 0.6 is 0 Å². The number of hydrogen-bond acceptors (Lipinski definition) is 9. The third kappa shape index (κ3) is 2.56. The molecule has 0 aliphatic carbocycles. The summed E-state index contributed by atoms with van der Waals surface area (Å²) in [6, 6.07) is 0.882. The predicted molar refractivity (Wildman–Crippen MR) is 83.2 cm³/mol. The van der Waals surface area contributed by atoms with Crippen molar-refractivity contribution < 1.29 is 34.4 Å². The van der Waals surface area contributed by atoms with Gasteiger partial charge in [0.05, 0.1) is 0 Å². The molecule has 2 rings (SSSR count). The van der Waals surface area contributed by atoms with Crippen LogP contribution in [0.4, 0.5) is 0 Å². The van der Waals surface area contributed by atoms with E-state index in [-0.39, 0.29) is 0 Å². The number of rotatable bonds is 5. The van der Waals surface area contributed by atoms with E-state index in [4.69, 9.17) is 4.74 Å². The number of aliphatic hydroxyl groups is 3. The third-order valence-electron chi connectivity index (χ3n) is 4.51. The summed E-state index contributed by atoms with van der Waals surface area (Å²) in [5.74, 6) is -3.23. The van der Waals surface area contributed by atoms with Crippen molar-refractivity contribution in [2.24, 2.45) is 0 Å². The van der Waals surface area contributed by atoms with Crippen LogP contribution in [0.25, 0.3) is 0 Å². The van der Waals surface area contributed by atoms with Gasteiger partial charge in [-0.15, -0.1) is 0 Å². The van der Waals surface area contributed by atoms with Crippen molar-refractivity contribution in [2.45, 2.75) is 50.4 Å². The number of hydrogen-bond donors (Lipinski definition) is 4. The summed E-state index contributed by atoms with van der Waals surface area (Å²) >= 11 is 0. The molecule has 5 unspecified atom stereocenters. The minimum atomic E-state index is -3.02. The number of ether oxygens (including phenoxy) is 1. The van der Waals surface area contributed by atoms with Gasteiger partial charge in [0.1, 0.15) is 12.2 Å². The van der Waals surface area contributed by atoms with Crippen molar-refractivity contribution in [3.8, 4) is 0 Å². The Labute approximate surface area is 145 Å². The number of carbonyl (C=O) groups excluding carboxylic acids is 3. The zero-order valence-corrected chi connectivity index (χ0v) is 14.1. The van der Waals surface area contributed by atoms with Crippen LogP contribution in [0.1, 0.15) is 27.0 Å². The Morgan fingerprint density at radius 2 is 1.69 bits per heavy atom. The summed E-state index contributed by atoms with van der Waals surface area (Å²) in [5.41, 5.74) is -7.92. The number of aromatic nitrogens is 2. The van der Waals surface area contributed by atoms with E-state index in [9.17, 15) is 39.3 Å². The summed E-state index contributed by atoms with van der Waals surface area (Å²) in [4.78, 5) is 61.0. The van der Waals surface area contributed by atoms with Crippen molar-refractivity contribution in [1.82, 2.24) is 9.55 Å². The van der Waals surface area contributed by atoms with Crippen molar-refractivity contribution in [2.75, 3.05) is 0 Å². The van der Waals surface area contributed by atoms with E-state index in [1.165, 1.54) is 0 Å². The molecule has 26 heavy (non-hydrogen) atoms. The second kappa shape index (κ2) is 6.36. The molecule has 1 aromatic heterocycles. The lowest BCUT2D eigenvalue weighted by Crippen LogP contribution is -2.68. The van der Waals surface area contributed by atoms with Gasteiger partial charge >= 0.3 is 5.69 Å². The molecule has 2 heterocycles. The first-order valence-corrected chi connectivity index (χ1v) is 7.51. The molecule has 1 saturated heterocycles. The topological polar surface area (TPSA) is 176 Å². The van der Waals surface area contributed by atoms with E-state index in [0.29, 0.717) is 4.57 Å². The second-order valence-electron chi connectivity index (χ2n) is 6.13. The largest absolute Gasteiger partial charge is 0.382 e. The first-order valence-electron chi connectivity index (χ1n) is 7.51. The van der Waals surface area contributed by atoms with Crippen molar-refractivity contribution >= 4 is 17.3 Å². The molecule has 1 aromatic rings. The summed E-state index contributed by atoms with van der Waals surface area (Å²) in [6.45, 7) is 2.61. The Hall–Kier alpha value is -2.47. The van der Waals surface area contributed by atoms with E-state index in [2.05, 4.69) is 0 Å². The fourth-order valence-corrected chi connectivity index (χ4v) is 3.05. The van der Waals surface area contributed by atoms with Crippen LogP contribution in [0.2, 0.25) is 0 Å². The van der Waals surface area contributed by atoms with Crippen molar-refractivity contribution in [3.05, 3.63) is 33.1 Å². The highest BCUT2D eigenvalue weighted by atomic mass is 16.6. The maximum Gasteiger partial charge on any atom is 0.330 e. The molecular weight excluding hydrogens is 352 g/mol. The predicted octanol–water partition coefficient (Wildman–Crippen LogP) is -2.98. The Morgan fingerprint density at radius 3 is 2.12 bits per heavy atom. The molecule has 11 heteroatoms. The molecule has 4 N–H and O–H groups in total. The number of aromatic amines is 1. The van der Waals surface area contributed by atoms with E-state index < -0.39 is 58.2 Å². The van der Waals surface area contributed by atoms with Gasteiger partial charge in [0, 0.05) is 12.3 Å². The van der Waals surface area contributed by atoms with Gasteiger partial charge in [0.25, 0.3) is 5.56 Å². The maximum absolute atomic E-state index is 12.2. The van der Waals surface area contributed by atoms with Crippen LogP contribution in [0, 0.1) is 0 Å². The average molecular weight is 370 g/mol. The number of ketones is 3. The molecule has 0 spiro atoms. The zero-order valence-electron chi connectivity index (χ0n) is 14.1. The van der Waals surface area contributed by atoms with E-state index in [1.54, 1.807) is 0 Å². The summed E-state index contributed by atoms with van der Waals surface area (Å²) in [5, 5.41) is 31.9. The number of H-pyrrole nitrogens is 1. The molecule has 0 saturated carbocycles. The van der Waals surface area contributed by atoms with Crippen LogP contribution in [0.15, 0.2) is 21.9 Å². The van der Waals surface area contributed by atoms with Gasteiger partial charge in [0.2, 0.25) is 5.60 Å². The van der Waals surface area contributed by atoms with Gasteiger partial charge in [-0.1, -0.05) is 0 Å². The van der Waals surface area contributed by atoms with Gasteiger partial charge in [0.15, 0.2) is 29.2 Å². The molecule has 1 aliphatic heterocycles. The zero-order chi connectivity index (χ0) is 20.0. The van der Waals surface area contributed by atoms with Crippen LogP contribution < -0.4 is 11.2 Å². The summed E-state index contributed by atoms with van der Waals surface area (Å²) in [7, 11) is 0. The quantitative estimate of drug-likeness (QED) is 0.421. The number of aliphatic hydroxyl groups excluding tert-OH is 1. The van der Waals surface area contributed by atoms with Crippen LogP contribution in [0.3, 0.4) is 0 Å². The standard InChI is InChI=1S/C15H18N2O9/c1-6(18)10(22)11-14(24,7(2)19)15(25,8(3)20)12(26-11)17-5-4-9(21)16-13(17)23/h4-5,10-12,22,24-25H,1-3H3,(H,16,21,23). The van der Waals surface area contributed by atoms with E-state index in [1.807, 2.05) is 4.98 Å². The Kier molecular flexibility index (Phi) is 4.85. The highest BCUT2D eigenvalue weighted by molar-refractivity contribution is 5.99. The minimum absolute atomic E-state index is 0.573. The third-order valence-corrected chi connectivity index (χ3v) is 4.51. The lowest BCUT2D eigenvalue weighted by molar-refractivity contribution is -0.184. The number of carbonyl (C=O) groups is 3. The molecular formula is C15H18N2O9. The molecule has 1 fully saturated rings. The number of nitrogens with zero attached hydrogens (tertiary/aromatic N) is 1. The SMILES string of the molecule is CC(=O)C(O)C1OC(n2ccc(=O)[nH]c2=O)C(O)(C(C)=O)C1(O)C(C)=O. The van der Waals surface area contributed by atoms with Crippen molar-refractivity contribution in [1.29, 1.82) is 0 Å². The fourth-order valence-electron chi connectivity index (χ4n) is 3.05. The van der Waals surface area contributed by atoms with Crippen LogP contribution in [-0.4, -0.2) is 65.6 Å². The summed E-state index contributed by atoms with van der Waals surface area (Å²) in [6.07, 6.45) is -5.21. The lowest BCUT2D eigenvalue weighted by atomic mass is 9.73. The molecule has 5 atom stereocenters. The van der Waals surface area contributed by atoms with Crippen LogP contribution in [0.5, 0.6) is 0 Å². The second-order valence-corrected chi connectivity index (χ2v) is 6.13. The molecule has 0 bridgehead atoms. The Balaban J connectivity index is 2.79. The molecule has 0 amide bonds. The fraction of sp³-hybridized carbons (Fsp3) is 0.533. The number of Topliss-reactive ketones (excluding diaryl/α,β-unsaturated/α-hetero) is 3. The lowest BCUT2D eigenvalue weighted by Gasteiger charge is -2.37. The minimum Gasteiger partial charge on any atom is -0.382 e. The van der Waals surface area contributed by atoms with E-state index >= 15 is 0 Å². The monoisotopic (exact) mass is 370 g/mol. The Morgan fingerprint density at radius 1 is 1.15 bits per heavy atom. The van der Waals surface area contributed by atoms with Crippen molar-refractivity contribution in [3.63, 3.8) is 0 Å². The van der Waals surface area contributed by atoms with E-state index in [0.717, 1.165) is 33.0 Å². The summed E-state index contributed by atoms with van der Waals surface area (Å²) < 4.78 is 5.85. The maximum atomic E-state index is 12.2. The first-order chi connectivity index (χ1) is 11.9. The highest BCUT2D eigenvalue weighted by Gasteiger charge is 2.73. The van der Waals surface area contributed by atoms with Gasteiger partial charge in [-0.2, -0.15) is 0 Å². The van der Waals surface area contributed by atoms with Gasteiger partial charge in [-0.3, -0.25) is 28.7 Å². The average Bonchev–Trinajstić information content (AvgIpc) is 2.78. The van der Waals surface area contributed by atoms with Gasteiger partial charge in [-0.25, -0.2) is 4.79 Å². The smallest absolute Gasteiger partial charge is 0.330 e. The number of nitrogens with one attached hydrogen (secondary N) is 1. The Bertz CT molecular complexity index is 888. The molecule has 11 nitrogen and oxygen atoms in total. The highest BCUT2D eigenvalue weighted by Crippen LogP contribution is 2.47. The van der Waals surface area contributed by atoms with Crippen LogP contribution in [-0.2, 0) is 19.1 Å². The normalized spacial score (nSPS) is 32.2.